The third-order valence-corrected chi connectivity index (χ3v) is 8.62. The van der Waals surface area contributed by atoms with Crippen LogP contribution in [0.1, 0.15) is 23.5 Å². The summed E-state index contributed by atoms with van der Waals surface area (Å²) in [5.74, 6) is 1.39. The molecule has 0 bridgehead atoms. The average molecular weight is 510 g/mol. The van der Waals surface area contributed by atoms with Gasteiger partial charge >= 0.3 is 0 Å². The predicted octanol–water partition coefficient (Wildman–Crippen LogP) is 4.38. The molecule has 2 N–H and O–H groups in total. The number of methoxy groups -OCH3 is 2. The van der Waals surface area contributed by atoms with Crippen LogP contribution in [-0.4, -0.2) is 68.5 Å². The second-order valence-electron chi connectivity index (χ2n) is 10.6. The van der Waals surface area contributed by atoms with E-state index in [0.717, 1.165) is 71.6 Å². The lowest BCUT2D eigenvalue weighted by Gasteiger charge is -2.34. The summed E-state index contributed by atoms with van der Waals surface area (Å²) in [4.78, 5) is 18.0. The van der Waals surface area contributed by atoms with Crippen LogP contribution in [0.3, 0.4) is 0 Å². The van der Waals surface area contributed by atoms with E-state index < -0.39 is 5.41 Å². The van der Waals surface area contributed by atoms with Crippen molar-refractivity contribution in [1.82, 2.24) is 15.1 Å². The van der Waals surface area contributed by atoms with Crippen molar-refractivity contribution in [3.63, 3.8) is 0 Å². The monoisotopic (exact) mass is 509 g/mol. The number of aromatic nitrogens is 2. The van der Waals surface area contributed by atoms with E-state index in [0.29, 0.717) is 11.5 Å². The Labute approximate surface area is 221 Å². The number of carbonyl (C=O) groups excluding carboxylic acids is 1. The Hall–Kier alpha value is -4.04. The van der Waals surface area contributed by atoms with E-state index in [1.807, 2.05) is 12.1 Å². The van der Waals surface area contributed by atoms with Crippen molar-refractivity contribution in [3.8, 4) is 22.8 Å². The summed E-state index contributed by atoms with van der Waals surface area (Å²) in [5, 5.41) is 12.0. The number of fused-ring (bicyclic) bond motifs is 3. The summed E-state index contributed by atoms with van der Waals surface area (Å²) in [7, 11) is 5.40. The van der Waals surface area contributed by atoms with E-state index in [2.05, 4.69) is 74.8 Å². The molecule has 1 saturated heterocycles. The van der Waals surface area contributed by atoms with Crippen LogP contribution in [0.25, 0.3) is 22.2 Å². The van der Waals surface area contributed by atoms with Crippen LogP contribution >= 0.6 is 0 Å². The van der Waals surface area contributed by atoms with Gasteiger partial charge in [0.25, 0.3) is 0 Å². The minimum atomic E-state index is -0.565. The molecule has 1 amide bonds. The average Bonchev–Trinajstić information content (AvgIpc) is 3.47. The Morgan fingerprint density at radius 1 is 0.947 bits per heavy atom. The van der Waals surface area contributed by atoms with E-state index in [4.69, 9.17) is 9.47 Å². The van der Waals surface area contributed by atoms with E-state index in [9.17, 15) is 4.79 Å². The Morgan fingerprint density at radius 3 is 2.42 bits per heavy atom. The molecule has 0 radical (unpaired) electrons. The lowest BCUT2D eigenvalue weighted by Crippen LogP contribution is -2.44. The minimum Gasteiger partial charge on any atom is -0.493 e. The fourth-order valence-electron chi connectivity index (χ4n) is 6.29. The third kappa shape index (κ3) is 3.40. The molecule has 1 aromatic heterocycles. The van der Waals surface area contributed by atoms with Gasteiger partial charge in [0.2, 0.25) is 5.91 Å². The summed E-state index contributed by atoms with van der Waals surface area (Å²) in [6, 6.07) is 18.9. The number of ether oxygens (including phenoxy) is 2. The van der Waals surface area contributed by atoms with Crippen LogP contribution in [0.15, 0.2) is 54.6 Å². The standard InChI is InChI=1S/C30H31N5O3/c1-34-10-12-35(13-11-34)20-7-4-18(5-8-20)28-21-9-6-19(14-24(21)32-33-28)23-17-30(23)22-15-26(37-2)27(38-3)16-25(22)31-29(30)36/h4-9,14-16,23H,10-13,17H2,1-3H3,(H,31,36)(H,32,33)/t23?,30-/m0/s1. The zero-order valence-electron chi connectivity index (χ0n) is 21.9. The molecule has 38 heavy (non-hydrogen) atoms. The zero-order chi connectivity index (χ0) is 26.0. The van der Waals surface area contributed by atoms with Crippen molar-refractivity contribution >= 4 is 28.2 Å². The van der Waals surface area contributed by atoms with Gasteiger partial charge in [-0.2, -0.15) is 5.10 Å². The van der Waals surface area contributed by atoms with Crippen LogP contribution in [0.4, 0.5) is 11.4 Å². The molecule has 2 atom stereocenters. The highest BCUT2D eigenvalue weighted by Gasteiger charge is 2.65. The smallest absolute Gasteiger partial charge is 0.235 e. The number of hydrogen-bond donors (Lipinski definition) is 2. The van der Waals surface area contributed by atoms with E-state index >= 15 is 0 Å². The van der Waals surface area contributed by atoms with Crippen LogP contribution in [-0.2, 0) is 10.2 Å². The molecule has 1 aliphatic carbocycles. The van der Waals surface area contributed by atoms with Gasteiger partial charge in [-0.3, -0.25) is 9.89 Å². The lowest BCUT2D eigenvalue weighted by atomic mass is 9.91. The number of benzene rings is 3. The molecule has 8 heteroatoms. The van der Waals surface area contributed by atoms with Gasteiger partial charge in [0, 0.05) is 60.5 Å². The summed E-state index contributed by atoms with van der Waals surface area (Å²) in [5.41, 5.74) is 6.63. The number of nitrogens with zero attached hydrogens (tertiary/aromatic N) is 3. The molecule has 2 aliphatic heterocycles. The Bertz CT molecular complexity index is 1550. The predicted molar refractivity (Wildman–Crippen MR) is 148 cm³/mol. The van der Waals surface area contributed by atoms with Gasteiger partial charge in [-0.25, -0.2) is 0 Å². The molecular weight excluding hydrogens is 478 g/mol. The highest BCUT2D eigenvalue weighted by atomic mass is 16.5. The van der Waals surface area contributed by atoms with Crippen molar-refractivity contribution in [1.29, 1.82) is 0 Å². The number of likely N-dealkylation sites (N-methyl/N-ethyl adjacent to an activating group) is 1. The van der Waals surface area contributed by atoms with Gasteiger partial charge in [-0.05, 0) is 48.9 Å². The van der Waals surface area contributed by atoms with Crippen LogP contribution in [0.5, 0.6) is 11.5 Å². The molecule has 1 unspecified atom stereocenters. The molecule has 194 valence electrons. The van der Waals surface area contributed by atoms with Crippen molar-refractivity contribution in [3.05, 3.63) is 65.7 Å². The fourth-order valence-corrected chi connectivity index (χ4v) is 6.29. The van der Waals surface area contributed by atoms with Gasteiger partial charge < -0.3 is 24.6 Å². The van der Waals surface area contributed by atoms with Gasteiger partial charge in [-0.1, -0.05) is 24.3 Å². The zero-order valence-corrected chi connectivity index (χ0v) is 21.9. The molecular formula is C30H31N5O3. The highest BCUT2D eigenvalue weighted by Crippen LogP contribution is 2.66. The van der Waals surface area contributed by atoms with Gasteiger partial charge in [0.05, 0.1) is 30.8 Å². The molecule has 1 saturated carbocycles. The van der Waals surface area contributed by atoms with Crippen LogP contribution < -0.4 is 19.7 Å². The van der Waals surface area contributed by atoms with E-state index in [1.54, 1.807) is 14.2 Å². The molecule has 7 rings (SSSR count). The van der Waals surface area contributed by atoms with E-state index in [1.165, 1.54) is 5.69 Å². The SMILES string of the molecule is COc1cc2c(cc1OC)[C@]1(CC1c1ccc3c(-c4ccc(N5CCN(C)CC5)cc4)n[nH]c3c1)C(=O)N2. The first-order chi connectivity index (χ1) is 18.5. The van der Waals surface area contributed by atoms with E-state index in [-0.39, 0.29) is 11.8 Å². The van der Waals surface area contributed by atoms with Crippen molar-refractivity contribution < 1.29 is 14.3 Å². The largest absolute Gasteiger partial charge is 0.493 e. The highest BCUT2D eigenvalue weighted by molar-refractivity contribution is 6.10. The molecule has 4 aromatic rings. The molecule has 1 spiro atoms. The molecule has 3 aromatic carbocycles. The van der Waals surface area contributed by atoms with Crippen molar-refractivity contribution in [2.24, 2.45) is 0 Å². The summed E-state index contributed by atoms with van der Waals surface area (Å²) in [6.45, 7) is 4.28. The number of H-pyrrole nitrogens is 1. The van der Waals surface area contributed by atoms with Gasteiger partial charge in [0.15, 0.2) is 11.5 Å². The Kier molecular flexibility index (Phi) is 5.16. The fraction of sp³-hybridized carbons (Fsp3) is 0.333. The second kappa shape index (κ2) is 8.49. The quantitative estimate of drug-likeness (QED) is 0.416. The number of nitrogens with one attached hydrogen (secondary N) is 2. The number of carbonyl (C=O) groups is 1. The first kappa shape index (κ1) is 23.1. The number of piperazine rings is 1. The molecule has 8 nitrogen and oxygen atoms in total. The molecule has 3 heterocycles. The van der Waals surface area contributed by atoms with Crippen LogP contribution in [0, 0.1) is 0 Å². The molecule has 3 aliphatic rings. The molecule has 2 fully saturated rings. The summed E-state index contributed by atoms with van der Waals surface area (Å²) >= 11 is 0. The normalized spacial score (nSPS) is 22.6. The topological polar surface area (TPSA) is 82.7 Å². The maximum Gasteiger partial charge on any atom is 0.235 e. The Morgan fingerprint density at radius 2 is 1.68 bits per heavy atom. The van der Waals surface area contributed by atoms with Gasteiger partial charge in [-0.15, -0.1) is 0 Å². The maximum absolute atomic E-state index is 13.2. The first-order valence-electron chi connectivity index (χ1n) is 13.1. The minimum absolute atomic E-state index is 0.0404. The second-order valence-corrected chi connectivity index (χ2v) is 10.6. The lowest BCUT2D eigenvalue weighted by molar-refractivity contribution is -0.118. The Balaban J connectivity index is 1.16. The maximum atomic E-state index is 13.2. The van der Waals surface area contributed by atoms with Gasteiger partial charge in [0.1, 0.15) is 0 Å². The number of rotatable bonds is 5. The number of amides is 1. The number of hydrogen-bond acceptors (Lipinski definition) is 6. The third-order valence-electron chi connectivity index (χ3n) is 8.62. The summed E-state index contributed by atoms with van der Waals surface area (Å²) < 4.78 is 11.0. The van der Waals surface area contributed by atoms with Crippen molar-refractivity contribution in [2.75, 3.05) is 57.7 Å². The van der Waals surface area contributed by atoms with Crippen LogP contribution in [0.2, 0.25) is 0 Å². The number of aromatic amines is 1. The number of anilines is 2. The summed E-state index contributed by atoms with van der Waals surface area (Å²) in [6.07, 6.45) is 0.765. The first-order valence-corrected chi connectivity index (χ1v) is 13.1. The van der Waals surface area contributed by atoms with Crippen molar-refractivity contribution in [2.45, 2.75) is 17.8 Å².